The molecule has 0 saturated heterocycles. The number of carboxylic acids is 1. The van der Waals surface area contributed by atoms with E-state index in [9.17, 15) is 9.59 Å². The Balaban J connectivity index is 2.08. The van der Waals surface area contributed by atoms with Crippen molar-refractivity contribution < 1.29 is 19.4 Å². The van der Waals surface area contributed by atoms with Crippen LogP contribution in [0.1, 0.15) is 23.0 Å². The smallest absolute Gasteiger partial charge is 0.339 e. The van der Waals surface area contributed by atoms with Crippen LogP contribution in [0.3, 0.4) is 0 Å². The van der Waals surface area contributed by atoms with E-state index in [-0.39, 0.29) is 23.8 Å². The second-order valence-electron chi connectivity index (χ2n) is 4.06. The molecule has 110 valence electrons. The molecule has 1 amide bonds. The summed E-state index contributed by atoms with van der Waals surface area (Å²) < 4.78 is 6.32. The molecule has 0 radical (unpaired) electrons. The number of benzene rings is 1. The number of aromatic carboxylic acids is 1. The van der Waals surface area contributed by atoms with Crippen molar-refractivity contribution in [2.45, 2.75) is 13.5 Å². The summed E-state index contributed by atoms with van der Waals surface area (Å²) in [6, 6.07) is 4.93. The summed E-state index contributed by atoms with van der Waals surface area (Å²) in [5.41, 5.74) is 0.734. The molecule has 0 aliphatic rings. The van der Waals surface area contributed by atoms with E-state index in [4.69, 9.17) is 9.84 Å². The van der Waals surface area contributed by atoms with Gasteiger partial charge in [0.15, 0.2) is 5.13 Å². The molecule has 2 N–H and O–H groups in total. The molecular weight excluding hydrogens is 407 g/mol. The lowest BCUT2D eigenvalue weighted by Gasteiger charge is -2.08. The lowest BCUT2D eigenvalue weighted by molar-refractivity contribution is -0.114. The summed E-state index contributed by atoms with van der Waals surface area (Å²) in [7, 11) is 0. The molecule has 0 saturated carbocycles. The van der Waals surface area contributed by atoms with Crippen LogP contribution in [0.15, 0.2) is 23.6 Å². The Labute approximate surface area is 138 Å². The fourth-order valence-electron chi connectivity index (χ4n) is 1.53. The van der Waals surface area contributed by atoms with Crippen LogP contribution in [0, 0.1) is 3.57 Å². The summed E-state index contributed by atoms with van der Waals surface area (Å²) in [6.45, 7) is 1.54. The molecular formula is C13H11IN2O4S. The number of carboxylic acid groups (broad SMARTS) is 1. The van der Waals surface area contributed by atoms with E-state index in [1.54, 1.807) is 23.6 Å². The summed E-state index contributed by atoms with van der Waals surface area (Å²) in [4.78, 5) is 26.2. The van der Waals surface area contributed by atoms with Gasteiger partial charge in [-0.25, -0.2) is 9.78 Å². The van der Waals surface area contributed by atoms with Crippen molar-refractivity contribution in [1.29, 1.82) is 0 Å². The maximum atomic E-state index is 11.2. The molecule has 2 rings (SSSR count). The third-order valence-corrected chi connectivity index (χ3v) is 3.86. The highest BCUT2D eigenvalue weighted by Gasteiger charge is 2.12. The van der Waals surface area contributed by atoms with Crippen LogP contribution in [0.2, 0.25) is 0 Å². The van der Waals surface area contributed by atoms with Gasteiger partial charge in [0.1, 0.15) is 17.9 Å². The van der Waals surface area contributed by atoms with Gasteiger partial charge in [0.2, 0.25) is 5.91 Å². The molecule has 0 fully saturated rings. The third-order valence-electron chi connectivity index (χ3n) is 2.38. The van der Waals surface area contributed by atoms with Crippen molar-refractivity contribution >= 4 is 50.9 Å². The number of ether oxygens (including phenoxy) is 1. The number of rotatable bonds is 5. The maximum Gasteiger partial charge on any atom is 0.339 e. The van der Waals surface area contributed by atoms with E-state index in [1.165, 1.54) is 18.3 Å². The zero-order valence-electron chi connectivity index (χ0n) is 10.9. The van der Waals surface area contributed by atoms with Crippen LogP contribution in [-0.2, 0) is 11.4 Å². The zero-order valence-corrected chi connectivity index (χ0v) is 13.9. The van der Waals surface area contributed by atoms with Crippen molar-refractivity contribution in [3.05, 3.63) is 38.4 Å². The molecule has 1 aromatic carbocycles. The zero-order chi connectivity index (χ0) is 15.4. The number of hydrogen-bond donors (Lipinski definition) is 2. The predicted molar refractivity (Wildman–Crippen MR) is 86.9 cm³/mol. The summed E-state index contributed by atoms with van der Waals surface area (Å²) in [6.07, 6.45) is 0. The fourth-order valence-corrected chi connectivity index (χ4v) is 2.76. The van der Waals surface area contributed by atoms with Crippen LogP contribution < -0.4 is 10.1 Å². The largest absolute Gasteiger partial charge is 0.486 e. The average molecular weight is 418 g/mol. The van der Waals surface area contributed by atoms with Gasteiger partial charge < -0.3 is 15.2 Å². The molecule has 0 unspecified atom stereocenters. The van der Waals surface area contributed by atoms with E-state index in [0.717, 1.165) is 3.57 Å². The van der Waals surface area contributed by atoms with Crippen molar-refractivity contribution in [2.24, 2.45) is 0 Å². The van der Waals surface area contributed by atoms with Crippen molar-refractivity contribution in [1.82, 2.24) is 4.98 Å². The molecule has 0 spiro atoms. The van der Waals surface area contributed by atoms with Crippen LogP contribution in [0.4, 0.5) is 5.13 Å². The predicted octanol–water partition coefficient (Wildman–Crippen LogP) is 2.98. The average Bonchev–Trinajstić information content (AvgIpc) is 2.83. The molecule has 8 heteroatoms. The minimum atomic E-state index is -1.04. The van der Waals surface area contributed by atoms with E-state index in [1.807, 2.05) is 22.6 Å². The molecule has 0 atom stereocenters. The topological polar surface area (TPSA) is 88.5 Å². The van der Waals surface area contributed by atoms with Crippen LogP contribution in [-0.4, -0.2) is 22.0 Å². The van der Waals surface area contributed by atoms with E-state index in [2.05, 4.69) is 10.3 Å². The minimum Gasteiger partial charge on any atom is -0.486 e. The van der Waals surface area contributed by atoms with Crippen LogP contribution in [0.25, 0.3) is 0 Å². The highest BCUT2D eigenvalue weighted by Crippen LogP contribution is 2.23. The lowest BCUT2D eigenvalue weighted by Crippen LogP contribution is -2.06. The number of aromatic nitrogens is 1. The number of carbonyl (C=O) groups is 2. The van der Waals surface area contributed by atoms with Gasteiger partial charge in [-0.05, 0) is 40.8 Å². The van der Waals surface area contributed by atoms with Gasteiger partial charge in [0.05, 0.1) is 5.69 Å². The Morgan fingerprint density at radius 1 is 1.48 bits per heavy atom. The first kappa shape index (κ1) is 15.7. The highest BCUT2D eigenvalue weighted by molar-refractivity contribution is 14.1. The molecule has 6 nitrogen and oxygen atoms in total. The first-order valence-corrected chi connectivity index (χ1v) is 7.79. The van der Waals surface area contributed by atoms with Crippen molar-refractivity contribution in [2.75, 3.05) is 5.32 Å². The van der Waals surface area contributed by atoms with Gasteiger partial charge in [-0.3, -0.25) is 4.79 Å². The molecule has 1 aromatic heterocycles. The van der Waals surface area contributed by atoms with Gasteiger partial charge in [0, 0.05) is 15.9 Å². The standard InChI is InChI=1S/C13H11IN2O4S/c1-7(17)15-13-16-9(6-21-13)5-20-11-3-2-8(14)4-10(11)12(18)19/h2-4,6H,5H2,1H3,(H,18,19)(H,15,16,17). The van der Waals surface area contributed by atoms with Crippen LogP contribution in [0.5, 0.6) is 5.75 Å². The number of thiazole rings is 1. The molecule has 0 aliphatic carbocycles. The van der Waals surface area contributed by atoms with Gasteiger partial charge in [0.25, 0.3) is 0 Å². The summed E-state index contributed by atoms with van der Waals surface area (Å²) in [5.74, 6) is -0.944. The number of nitrogens with zero attached hydrogens (tertiary/aromatic N) is 1. The maximum absolute atomic E-state index is 11.2. The van der Waals surface area contributed by atoms with Gasteiger partial charge in [-0.1, -0.05) is 0 Å². The second kappa shape index (κ2) is 6.85. The second-order valence-corrected chi connectivity index (χ2v) is 6.16. The monoisotopic (exact) mass is 418 g/mol. The number of carbonyl (C=O) groups excluding carboxylic acids is 1. The quantitative estimate of drug-likeness (QED) is 0.729. The van der Waals surface area contributed by atoms with Crippen molar-refractivity contribution in [3.8, 4) is 5.75 Å². The Morgan fingerprint density at radius 2 is 2.24 bits per heavy atom. The number of halogens is 1. The number of hydrogen-bond acceptors (Lipinski definition) is 5. The normalized spacial score (nSPS) is 10.2. The number of amides is 1. The summed E-state index contributed by atoms with van der Waals surface area (Å²) in [5, 5.41) is 14.0. The first-order chi connectivity index (χ1) is 9.95. The highest BCUT2D eigenvalue weighted by atomic mass is 127. The molecule has 0 aliphatic heterocycles. The Hall–Kier alpha value is -1.68. The first-order valence-electron chi connectivity index (χ1n) is 5.83. The Bertz CT molecular complexity index is 687. The van der Waals surface area contributed by atoms with E-state index < -0.39 is 5.97 Å². The SMILES string of the molecule is CC(=O)Nc1nc(COc2ccc(I)cc2C(=O)O)cs1. The van der Waals surface area contributed by atoms with Gasteiger partial charge >= 0.3 is 5.97 Å². The van der Waals surface area contributed by atoms with Gasteiger partial charge in [-0.15, -0.1) is 11.3 Å². The molecule has 2 aromatic rings. The lowest BCUT2D eigenvalue weighted by atomic mass is 10.2. The number of anilines is 1. The van der Waals surface area contributed by atoms with Gasteiger partial charge in [-0.2, -0.15) is 0 Å². The minimum absolute atomic E-state index is 0.110. The third kappa shape index (κ3) is 4.39. The van der Waals surface area contributed by atoms with Crippen LogP contribution >= 0.6 is 33.9 Å². The molecule has 1 heterocycles. The summed E-state index contributed by atoms with van der Waals surface area (Å²) >= 11 is 3.33. The molecule has 0 bridgehead atoms. The fraction of sp³-hybridized carbons (Fsp3) is 0.154. The van der Waals surface area contributed by atoms with Crippen molar-refractivity contribution in [3.63, 3.8) is 0 Å². The van der Waals surface area contributed by atoms with E-state index in [0.29, 0.717) is 10.8 Å². The Kier molecular flexibility index (Phi) is 5.12. The number of nitrogens with one attached hydrogen (secondary N) is 1. The van der Waals surface area contributed by atoms with E-state index >= 15 is 0 Å². The molecule has 21 heavy (non-hydrogen) atoms. The Morgan fingerprint density at radius 3 is 2.90 bits per heavy atom.